The number of hydrogen-bond donors (Lipinski definition) is 1. The molecule has 0 aromatic heterocycles. The predicted octanol–water partition coefficient (Wildman–Crippen LogP) is 27.7. The molecule has 0 saturated carbocycles. The van der Waals surface area contributed by atoms with Crippen LogP contribution in [0.3, 0.4) is 0 Å². The van der Waals surface area contributed by atoms with Crippen LogP contribution in [0.25, 0.3) is 0 Å². The van der Waals surface area contributed by atoms with Gasteiger partial charge in [-0.05, 0) is 12.8 Å². The van der Waals surface area contributed by atoms with Gasteiger partial charge in [0.2, 0.25) is 0 Å². The first-order chi connectivity index (χ1) is 46.6. The van der Waals surface area contributed by atoms with Crippen molar-refractivity contribution in [3.05, 3.63) is 0 Å². The Kier molecular flexibility index (Phi) is 76.6. The molecule has 566 valence electrons. The van der Waals surface area contributed by atoms with Crippen LogP contribution in [0.4, 0.5) is 0 Å². The summed E-state index contributed by atoms with van der Waals surface area (Å²) in [5.74, 6) is -1.96. The molecule has 0 aliphatic carbocycles. The Morgan fingerprint density at radius 2 is 0.474 bits per heavy atom. The van der Waals surface area contributed by atoms with Crippen molar-refractivity contribution in [3.8, 4) is 0 Å². The second-order valence-corrected chi connectivity index (χ2v) is 31.2. The van der Waals surface area contributed by atoms with Crippen molar-refractivity contribution in [1.29, 1.82) is 0 Å². The summed E-state index contributed by atoms with van der Waals surface area (Å²) < 4.78 is 23.1. The zero-order chi connectivity index (χ0) is 69.0. The van der Waals surface area contributed by atoms with Gasteiger partial charge >= 0.3 is 17.9 Å². The standard InChI is InChI=1S/C86H169NO8/c1-6-8-10-12-14-16-18-20-22-24-26-28-30-32-34-36-38-39-40-41-42-43-44-45-46-47-49-51-53-55-57-59-61-63-65-67-69-71-73-75-77-84(89)95-82(81-94-86(85(90)91)92-79-78-87(3,4)5)80-93-83(88)76-74-72-70-68-66-64-62-60-58-56-54-52-50-48-37-35-33-31-29-27-25-23-21-19-17-15-13-11-9-7-2/h82,86H,6-81H2,1-5H3/p+1. The zero-order valence-electron chi connectivity index (χ0n) is 65.1. The molecular weight excluding hydrogens is 1170 g/mol. The number of carboxylic acids is 1. The smallest absolute Gasteiger partial charge is 0.361 e. The molecule has 9 heteroatoms. The first-order valence-electron chi connectivity index (χ1n) is 43.2. The SMILES string of the molecule is CCCCCCCCCCCCCCCCCCCCCCCCCCCCCCCCCCCCCCCCCCC(=O)OC(COC(=O)CCCCCCCCCCCCCCCCCCCCCCCCCCCCCCCC)COC(OCC[N+](C)(C)C)C(=O)O. The maximum absolute atomic E-state index is 13.0. The average molecular weight is 1350 g/mol. The van der Waals surface area contributed by atoms with Gasteiger partial charge in [-0.25, -0.2) is 4.79 Å². The number of rotatable bonds is 83. The quantitative estimate of drug-likeness (QED) is 0.0278. The summed E-state index contributed by atoms with van der Waals surface area (Å²) in [4.78, 5) is 37.8. The van der Waals surface area contributed by atoms with E-state index in [1.54, 1.807) is 0 Å². The van der Waals surface area contributed by atoms with E-state index in [-0.39, 0.29) is 38.2 Å². The third-order valence-electron chi connectivity index (χ3n) is 20.4. The Morgan fingerprint density at radius 1 is 0.274 bits per heavy atom. The maximum Gasteiger partial charge on any atom is 0.361 e. The molecule has 0 rings (SSSR count). The molecule has 1 N–H and O–H groups in total. The minimum atomic E-state index is -1.51. The molecule has 0 aliphatic rings. The monoisotopic (exact) mass is 1350 g/mol. The van der Waals surface area contributed by atoms with Gasteiger partial charge < -0.3 is 28.5 Å². The average Bonchev–Trinajstić information content (AvgIpc) is 3.75. The highest BCUT2D eigenvalue weighted by Crippen LogP contribution is 2.21. The van der Waals surface area contributed by atoms with E-state index in [0.717, 1.165) is 38.5 Å². The second-order valence-electron chi connectivity index (χ2n) is 31.2. The summed E-state index contributed by atoms with van der Waals surface area (Å²) in [5.41, 5.74) is 0. The van der Waals surface area contributed by atoms with Gasteiger partial charge in [-0.15, -0.1) is 0 Å². The Hall–Kier alpha value is -1.71. The Labute approximate surface area is 593 Å². The highest BCUT2D eigenvalue weighted by molar-refractivity contribution is 5.71. The van der Waals surface area contributed by atoms with E-state index in [1.165, 1.54) is 411 Å². The number of esters is 2. The second kappa shape index (κ2) is 78.0. The van der Waals surface area contributed by atoms with Crippen molar-refractivity contribution in [2.24, 2.45) is 0 Å². The number of nitrogens with zero attached hydrogens (tertiary/aromatic N) is 1. The molecule has 0 aromatic rings. The van der Waals surface area contributed by atoms with Gasteiger partial charge in [0, 0.05) is 12.8 Å². The minimum absolute atomic E-state index is 0.171. The van der Waals surface area contributed by atoms with Crippen LogP contribution in [0.15, 0.2) is 0 Å². The minimum Gasteiger partial charge on any atom is -0.477 e. The number of quaternary nitrogens is 1. The third kappa shape index (κ3) is 79.5. The number of aliphatic carboxylic acids is 1. The summed E-state index contributed by atoms with van der Waals surface area (Å²) in [6.07, 6.45) is 94.5. The van der Waals surface area contributed by atoms with Crippen molar-refractivity contribution in [2.75, 3.05) is 47.5 Å². The maximum atomic E-state index is 13.0. The number of carboxylic acid groups (broad SMARTS) is 1. The predicted molar refractivity (Wildman–Crippen MR) is 411 cm³/mol. The molecule has 0 spiro atoms. The lowest BCUT2D eigenvalue weighted by Crippen LogP contribution is -2.40. The van der Waals surface area contributed by atoms with E-state index in [2.05, 4.69) is 13.8 Å². The fourth-order valence-corrected chi connectivity index (χ4v) is 13.8. The highest BCUT2D eigenvalue weighted by Gasteiger charge is 2.25. The molecule has 0 saturated heterocycles. The van der Waals surface area contributed by atoms with Crippen molar-refractivity contribution in [2.45, 2.75) is 489 Å². The lowest BCUT2D eigenvalue weighted by Gasteiger charge is -2.25. The van der Waals surface area contributed by atoms with E-state index in [0.29, 0.717) is 17.4 Å². The number of hydrogen-bond acceptors (Lipinski definition) is 7. The fraction of sp³-hybridized carbons (Fsp3) is 0.965. The van der Waals surface area contributed by atoms with Gasteiger partial charge in [0.1, 0.15) is 13.2 Å². The molecule has 0 aromatic carbocycles. The van der Waals surface area contributed by atoms with E-state index in [4.69, 9.17) is 18.9 Å². The van der Waals surface area contributed by atoms with Crippen molar-refractivity contribution >= 4 is 17.9 Å². The first kappa shape index (κ1) is 93.3. The summed E-state index contributed by atoms with van der Waals surface area (Å²) in [6.45, 7) is 4.99. The summed E-state index contributed by atoms with van der Waals surface area (Å²) >= 11 is 0. The number of carbonyl (C=O) groups is 3. The van der Waals surface area contributed by atoms with Gasteiger partial charge in [-0.2, -0.15) is 0 Å². The van der Waals surface area contributed by atoms with Crippen LogP contribution in [-0.2, 0) is 33.3 Å². The third-order valence-corrected chi connectivity index (χ3v) is 20.4. The molecule has 2 unspecified atom stereocenters. The van der Waals surface area contributed by atoms with Gasteiger partial charge in [-0.3, -0.25) is 9.59 Å². The summed E-state index contributed by atoms with van der Waals surface area (Å²) in [5, 5.41) is 9.78. The highest BCUT2D eigenvalue weighted by atomic mass is 16.7. The molecule has 0 amide bonds. The first-order valence-corrected chi connectivity index (χ1v) is 43.2. The van der Waals surface area contributed by atoms with E-state index in [1.807, 2.05) is 21.1 Å². The Bertz CT molecular complexity index is 1520. The van der Waals surface area contributed by atoms with E-state index in [9.17, 15) is 19.5 Å². The summed E-state index contributed by atoms with van der Waals surface area (Å²) in [6, 6.07) is 0. The molecule has 0 bridgehead atoms. The Morgan fingerprint density at radius 3 is 0.674 bits per heavy atom. The Balaban J connectivity index is 3.89. The molecule has 0 heterocycles. The molecule has 0 fully saturated rings. The number of unbranched alkanes of at least 4 members (excludes halogenated alkanes) is 68. The van der Waals surface area contributed by atoms with Crippen LogP contribution in [0.1, 0.15) is 476 Å². The van der Waals surface area contributed by atoms with Crippen LogP contribution in [0.5, 0.6) is 0 Å². The fourth-order valence-electron chi connectivity index (χ4n) is 13.8. The lowest BCUT2D eigenvalue weighted by atomic mass is 10.0. The van der Waals surface area contributed by atoms with Gasteiger partial charge in [0.05, 0.1) is 34.4 Å². The van der Waals surface area contributed by atoms with E-state index >= 15 is 0 Å². The van der Waals surface area contributed by atoms with Gasteiger partial charge in [0.15, 0.2) is 6.10 Å². The molecule has 0 radical (unpaired) electrons. The van der Waals surface area contributed by atoms with Crippen molar-refractivity contribution < 1.29 is 42.9 Å². The molecule has 2 atom stereocenters. The molecule has 9 nitrogen and oxygen atoms in total. The van der Waals surface area contributed by atoms with Crippen molar-refractivity contribution in [1.82, 2.24) is 0 Å². The number of carbonyl (C=O) groups excluding carboxylic acids is 2. The molecular formula is C86H170NO8+. The molecule has 95 heavy (non-hydrogen) atoms. The van der Waals surface area contributed by atoms with E-state index < -0.39 is 18.4 Å². The van der Waals surface area contributed by atoms with Crippen LogP contribution < -0.4 is 0 Å². The van der Waals surface area contributed by atoms with Crippen LogP contribution in [-0.4, -0.2) is 87.4 Å². The van der Waals surface area contributed by atoms with Gasteiger partial charge in [0.25, 0.3) is 6.29 Å². The van der Waals surface area contributed by atoms with Gasteiger partial charge in [-0.1, -0.05) is 450 Å². The lowest BCUT2D eigenvalue weighted by molar-refractivity contribution is -0.870. The largest absolute Gasteiger partial charge is 0.477 e. The summed E-state index contributed by atoms with van der Waals surface area (Å²) in [7, 11) is 6.01. The van der Waals surface area contributed by atoms with Crippen molar-refractivity contribution in [3.63, 3.8) is 0 Å². The van der Waals surface area contributed by atoms with Crippen LogP contribution in [0.2, 0.25) is 0 Å². The van der Waals surface area contributed by atoms with Crippen LogP contribution in [0, 0.1) is 0 Å². The number of likely N-dealkylation sites (N-methyl/N-ethyl adjacent to an activating group) is 1. The molecule has 0 aliphatic heterocycles. The zero-order valence-corrected chi connectivity index (χ0v) is 65.1. The number of ether oxygens (including phenoxy) is 4. The topological polar surface area (TPSA) is 108 Å². The normalized spacial score (nSPS) is 12.5. The van der Waals surface area contributed by atoms with Crippen LogP contribution >= 0.6 is 0 Å².